The summed E-state index contributed by atoms with van der Waals surface area (Å²) in [6.07, 6.45) is 1.42. The number of thioether (sulfide) groups is 1. The van der Waals surface area contributed by atoms with Crippen molar-refractivity contribution in [1.29, 1.82) is 0 Å². The van der Waals surface area contributed by atoms with Gasteiger partial charge in [0.1, 0.15) is 10.9 Å². The summed E-state index contributed by atoms with van der Waals surface area (Å²) in [4.78, 5) is 12.1. The van der Waals surface area contributed by atoms with E-state index in [0.29, 0.717) is 12.3 Å². The van der Waals surface area contributed by atoms with E-state index in [-0.39, 0.29) is 11.2 Å². The molecule has 0 radical (unpaired) electrons. The molecule has 0 saturated carbocycles. The molecule has 4 heteroatoms. The minimum absolute atomic E-state index is 0.130. The van der Waals surface area contributed by atoms with E-state index in [1.165, 1.54) is 0 Å². The molecule has 0 aromatic carbocycles. The molecular weight excluding hydrogens is 263 g/mol. The Labute approximate surface area is 121 Å². The van der Waals surface area contributed by atoms with Crippen molar-refractivity contribution >= 4 is 17.7 Å². The summed E-state index contributed by atoms with van der Waals surface area (Å²) in [5.74, 6) is 1.12. The molecule has 0 fully saturated rings. The Morgan fingerprint density at radius 1 is 1.26 bits per heavy atom. The van der Waals surface area contributed by atoms with Crippen LogP contribution in [0.2, 0.25) is 0 Å². The molecule has 2 unspecified atom stereocenters. The molecule has 0 amide bonds. The molecule has 0 saturated heterocycles. The Balaban J connectivity index is 4.26. The predicted octanol–water partition coefficient (Wildman–Crippen LogP) is 4.61. The highest BCUT2D eigenvalue weighted by molar-refractivity contribution is 8.00. The van der Waals surface area contributed by atoms with Gasteiger partial charge in [-0.25, -0.2) is 4.39 Å². The normalized spacial score (nSPS) is 15.4. The standard InChI is InChI=1S/C15H29FO2S/c1-11(2)10-13(14(17)18-15(4,5)6)19-9-7-8-12(3)16/h11-13H,7-10H2,1-6H3. The van der Waals surface area contributed by atoms with Gasteiger partial charge in [0.05, 0.1) is 6.17 Å². The second kappa shape index (κ2) is 8.83. The number of halogens is 1. The largest absolute Gasteiger partial charge is 0.459 e. The minimum Gasteiger partial charge on any atom is -0.459 e. The van der Waals surface area contributed by atoms with Crippen molar-refractivity contribution in [3.63, 3.8) is 0 Å². The van der Waals surface area contributed by atoms with Gasteiger partial charge in [-0.3, -0.25) is 4.79 Å². The molecule has 0 aliphatic heterocycles. The fourth-order valence-corrected chi connectivity index (χ4v) is 2.94. The molecule has 0 aromatic rings. The van der Waals surface area contributed by atoms with E-state index in [4.69, 9.17) is 4.74 Å². The molecule has 0 aliphatic carbocycles. The van der Waals surface area contributed by atoms with Gasteiger partial charge in [0, 0.05) is 0 Å². The lowest BCUT2D eigenvalue weighted by Gasteiger charge is -2.24. The van der Waals surface area contributed by atoms with E-state index in [9.17, 15) is 9.18 Å². The Kier molecular flexibility index (Phi) is 8.71. The average molecular weight is 292 g/mol. The lowest BCUT2D eigenvalue weighted by molar-refractivity contribution is -0.154. The smallest absolute Gasteiger partial charge is 0.319 e. The molecule has 0 aromatic heterocycles. The van der Waals surface area contributed by atoms with Gasteiger partial charge in [0.15, 0.2) is 0 Å². The van der Waals surface area contributed by atoms with Crippen LogP contribution in [0.25, 0.3) is 0 Å². The first-order valence-corrected chi connectivity index (χ1v) is 8.15. The zero-order valence-corrected chi connectivity index (χ0v) is 14.0. The Hall–Kier alpha value is -0.250. The third-order valence-electron chi connectivity index (χ3n) is 2.42. The summed E-state index contributed by atoms with van der Waals surface area (Å²) >= 11 is 1.60. The van der Waals surface area contributed by atoms with Crippen LogP contribution in [0.4, 0.5) is 4.39 Å². The third kappa shape index (κ3) is 11.3. The molecule has 2 nitrogen and oxygen atoms in total. The quantitative estimate of drug-likeness (QED) is 0.482. The zero-order chi connectivity index (χ0) is 15.1. The number of esters is 1. The predicted molar refractivity (Wildman–Crippen MR) is 81.4 cm³/mol. The first kappa shape index (κ1) is 18.8. The van der Waals surface area contributed by atoms with Crippen LogP contribution in [0.1, 0.15) is 60.8 Å². The second-order valence-corrected chi connectivity index (χ2v) is 7.76. The molecular formula is C15H29FO2S. The fraction of sp³-hybridized carbons (Fsp3) is 0.933. The molecule has 0 spiro atoms. The van der Waals surface area contributed by atoms with Crippen LogP contribution in [0.15, 0.2) is 0 Å². The lowest BCUT2D eigenvalue weighted by Crippen LogP contribution is -2.31. The first-order chi connectivity index (χ1) is 8.61. The fourth-order valence-electron chi connectivity index (χ4n) is 1.62. The number of rotatable bonds is 8. The topological polar surface area (TPSA) is 26.3 Å². The molecule has 0 bridgehead atoms. The van der Waals surface area contributed by atoms with Gasteiger partial charge < -0.3 is 4.74 Å². The van der Waals surface area contributed by atoms with Crippen LogP contribution in [0.5, 0.6) is 0 Å². The number of ether oxygens (including phenoxy) is 1. The van der Waals surface area contributed by atoms with E-state index in [1.54, 1.807) is 18.7 Å². The molecule has 0 aliphatic rings. The van der Waals surface area contributed by atoms with E-state index in [0.717, 1.165) is 18.6 Å². The van der Waals surface area contributed by atoms with Crippen molar-refractivity contribution in [2.45, 2.75) is 77.8 Å². The van der Waals surface area contributed by atoms with Crippen molar-refractivity contribution in [2.75, 3.05) is 5.75 Å². The van der Waals surface area contributed by atoms with Crippen molar-refractivity contribution in [3.8, 4) is 0 Å². The highest BCUT2D eigenvalue weighted by Gasteiger charge is 2.26. The summed E-state index contributed by atoms with van der Waals surface area (Å²) in [5.41, 5.74) is -0.444. The summed E-state index contributed by atoms with van der Waals surface area (Å²) in [7, 11) is 0. The number of carbonyl (C=O) groups is 1. The molecule has 2 atom stereocenters. The molecule has 0 heterocycles. The van der Waals surface area contributed by atoms with Crippen LogP contribution >= 0.6 is 11.8 Å². The van der Waals surface area contributed by atoms with Gasteiger partial charge in [-0.1, -0.05) is 13.8 Å². The van der Waals surface area contributed by atoms with E-state index >= 15 is 0 Å². The monoisotopic (exact) mass is 292 g/mol. The molecule has 0 rings (SSSR count). The van der Waals surface area contributed by atoms with Gasteiger partial charge in [0.2, 0.25) is 0 Å². The van der Waals surface area contributed by atoms with E-state index in [2.05, 4.69) is 13.8 Å². The number of alkyl halides is 1. The Morgan fingerprint density at radius 2 is 1.84 bits per heavy atom. The number of carbonyl (C=O) groups excluding carboxylic acids is 1. The van der Waals surface area contributed by atoms with Crippen molar-refractivity contribution in [3.05, 3.63) is 0 Å². The molecule has 114 valence electrons. The van der Waals surface area contributed by atoms with Gasteiger partial charge in [-0.2, -0.15) is 0 Å². The van der Waals surface area contributed by atoms with E-state index in [1.807, 2.05) is 20.8 Å². The maximum absolute atomic E-state index is 12.7. The summed E-state index contributed by atoms with van der Waals surface area (Å²) < 4.78 is 18.2. The lowest BCUT2D eigenvalue weighted by atomic mass is 10.1. The number of hydrogen-bond donors (Lipinski definition) is 0. The zero-order valence-electron chi connectivity index (χ0n) is 13.2. The summed E-state index contributed by atoms with van der Waals surface area (Å²) in [6, 6.07) is 0. The first-order valence-electron chi connectivity index (χ1n) is 7.10. The SMILES string of the molecule is CC(C)CC(SCCCC(C)F)C(=O)OC(C)(C)C. The second-order valence-electron chi connectivity index (χ2n) is 6.45. The Bertz CT molecular complexity index is 259. The van der Waals surface area contributed by atoms with Gasteiger partial charge in [-0.05, 0) is 58.6 Å². The van der Waals surface area contributed by atoms with E-state index < -0.39 is 11.8 Å². The third-order valence-corrected chi connectivity index (χ3v) is 3.73. The van der Waals surface area contributed by atoms with Gasteiger partial charge in [0.25, 0.3) is 0 Å². The van der Waals surface area contributed by atoms with Crippen LogP contribution in [0, 0.1) is 5.92 Å². The van der Waals surface area contributed by atoms with Crippen LogP contribution in [-0.2, 0) is 9.53 Å². The van der Waals surface area contributed by atoms with Crippen LogP contribution in [-0.4, -0.2) is 28.7 Å². The maximum atomic E-state index is 12.7. The average Bonchev–Trinajstić information content (AvgIpc) is 2.19. The van der Waals surface area contributed by atoms with Gasteiger partial charge in [-0.15, -0.1) is 11.8 Å². The summed E-state index contributed by atoms with van der Waals surface area (Å²) in [6.45, 7) is 11.4. The minimum atomic E-state index is -0.759. The van der Waals surface area contributed by atoms with Crippen molar-refractivity contribution in [2.24, 2.45) is 5.92 Å². The van der Waals surface area contributed by atoms with Crippen LogP contribution < -0.4 is 0 Å². The number of hydrogen-bond acceptors (Lipinski definition) is 3. The molecule has 0 N–H and O–H groups in total. The van der Waals surface area contributed by atoms with Gasteiger partial charge >= 0.3 is 5.97 Å². The maximum Gasteiger partial charge on any atom is 0.319 e. The highest BCUT2D eigenvalue weighted by atomic mass is 32.2. The van der Waals surface area contributed by atoms with Crippen molar-refractivity contribution < 1.29 is 13.9 Å². The molecule has 19 heavy (non-hydrogen) atoms. The van der Waals surface area contributed by atoms with Crippen molar-refractivity contribution in [1.82, 2.24) is 0 Å². The van der Waals surface area contributed by atoms with Crippen LogP contribution in [0.3, 0.4) is 0 Å². The highest BCUT2D eigenvalue weighted by Crippen LogP contribution is 2.24. The summed E-state index contributed by atoms with van der Waals surface area (Å²) in [5, 5.41) is -0.130. The Morgan fingerprint density at radius 3 is 2.26 bits per heavy atom.